The van der Waals surface area contributed by atoms with Crippen LogP contribution in [0.1, 0.15) is 19.8 Å². The Morgan fingerprint density at radius 3 is 2.83 bits per heavy atom. The molecule has 0 aromatic rings. The van der Waals surface area contributed by atoms with E-state index >= 15 is 0 Å². The van der Waals surface area contributed by atoms with Crippen molar-refractivity contribution in [3.05, 3.63) is 0 Å². The summed E-state index contributed by atoms with van der Waals surface area (Å²) in [4.78, 5) is 4.28. The molecule has 1 aliphatic carbocycles. The van der Waals surface area contributed by atoms with E-state index in [1.807, 2.05) is 0 Å². The van der Waals surface area contributed by atoms with Crippen molar-refractivity contribution in [3.63, 3.8) is 0 Å². The van der Waals surface area contributed by atoms with E-state index < -0.39 is 0 Å². The molecule has 4 heteroatoms. The molecule has 1 atom stereocenters. The summed E-state index contributed by atoms with van der Waals surface area (Å²) in [5.74, 6) is 0.902. The average molecular weight is 169 g/mol. The minimum Gasteiger partial charge on any atom is -0.393 e. The van der Waals surface area contributed by atoms with Gasteiger partial charge in [0.25, 0.3) is 0 Å². The van der Waals surface area contributed by atoms with E-state index in [9.17, 15) is 0 Å². The Kier molecular flexibility index (Phi) is 1.92. The highest BCUT2D eigenvalue weighted by Crippen LogP contribution is 2.19. The second-order valence-electron chi connectivity index (χ2n) is 3.70. The molecular formula is C8H15N3O. The Labute approximate surface area is 72.1 Å². The molecule has 0 saturated heterocycles. The second kappa shape index (κ2) is 2.94. The monoisotopic (exact) mass is 169 g/mol. The molecule has 2 aliphatic rings. The molecule has 1 saturated carbocycles. The van der Waals surface area contributed by atoms with Gasteiger partial charge in [-0.25, -0.2) is 0 Å². The molecule has 0 aromatic carbocycles. The maximum Gasteiger partial charge on any atom is 0.191 e. The van der Waals surface area contributed by atoms with Crippen LogP contribution in [0.5, 0.6) is 0 Å². The van der Waals surface area contributed by atoms with Crippen LogP contribution in [-0.4, -0.2) is 35.8 Å². The van der Waals surface area contributed by atoms with Gasteiger partial charge in [-0.05, 0) is 19.8 Å². The van der Waals surface area contributed by atoms with Gasteiger partial charge in [0, 0.05) is 12.1 Å². The lowest BCUT2D eigenvalue weighted by molar-refractivity contribution is 0.0696. The third-order valence-electron chi connectivity index (χ3n) is 2.36. The van der Waals surface area contributed by atoms with E-state index in [0.29, 0.717) is 12.1 Å². The topological polar surface area (TPSA) is 56.7 Å². The van der Waals surface area contributed by atoms with E-state index in [4.69, 9.17) is 5.11 Å². The van der Waals surface area contributed by atoms with Crippen LogP contribution in [-0.2, 0) is 0 Å². The van der Waals surface area contributed by atoms with Crippen molar-refractivity contribution in [2.75, 3.05) is 6.54 Å². The first kappa shape index (κ1) is 7.86. The summed E-state index contributed by atoms with van der Waals surface area (Å²) in [6.45, 7) is 2.96. The number of hydrogen-bond acceptors (Lipinski definition) is 4. The fraction of sp³-hybridized carbons (Fsp3) is 0.875. The quantitative estimate of drug-likeness (QED) is 0.493. The number of rotatable bonds is 1. The lowest BCUT2D eigenvalue weighted by Gasteiger charge is -2.32. The van der Waals surface area contributed by atoms with Gasteiger partial charge in [-0.2, -0.15) is 0 Å². The number of guanidine groups is 1. The summed E-state index contributed by atoms with van der Waals surface area (Å²) in [7, 11) is 0. The summed E-state index contributed by atoms with van der Waals surface area (Å²) in [6, 6.07) is 0.883. The van der Waals surface area contributed by atoms with Gasteiger partial charge in [0.2, 0.25) is 0 Å². The van der Waals surface area contributed by atoms with Gasteiger partial charge in [0.15, 0.2) is 5.96 Å². The normalized spacial score (nSPS) is 39.8. The molecule has 0 aromatic heterocycles. The highest BCUT2D eigenvalue weighted by atomic mass is 16.3. The van der Waals surface area contributed by atoms with Gasteiger partial charge in [0.1, 0.15) is 0 Å². The first-order valence-electron chi connectivity index (χ1n) is 4.49. The zero-order valence-electron chi connectivity index (χ0n) is 7.25. The van der Waals surface area contributed by atoms with Gasteiger partial charge < -0.3 is 15.7 Å². The molecule has 1 aliphatic heterocycles. The fourth-order valence-corrected chi connectivity index (χ4v) is 1.54. The van der Waals surface area contributed by atoms with Gasteiger partial charge in [-0.3, -0.25) is 4.99 Å². The number of aliphatic hydroxyl groups is 1. The Balaban J connectivity index is 1.74. The maximum absolute atomic E-state index is 9.04. The molecule has 2 rings (SSSR count). The molecule has 12 heavy (non-hydrogen) atoms. The van der Waals surface area contributed by atoms with Gasteiger partial charge in [0.05, 0.1) is 12.6 Å². The van der Waals surface area contributed by atoms with Crippen LogP contribution >= 0.6 is 0 Å². The largest absolute Gasteiger partial charge is 0.393 e. The second-order valence-corrected chi connectivity index (χ2v) is 3.70. The molecule has 1 fully saturated rings. The molecule has 0 amide bonds. The zero-order chi connectivity index (χ0) is 8.55. The van der Waals surface area contributed by atoms with E-state index in [0.717, 1.165) is 25.3 Å². The van der Waals surface area contributed by atoms with E-state index in [1.165, 1.54) is 0 Å². The highest BCUT2D eigenvalue weighted by molar-refractivity contribution is 5.82. The van der Waals surface area contributed by atoms with Crippen LogP contribution < -0.4 is 10.6 Å². The minimum absolute atomic E-state index is 0.0954. The summed E-state index contributed by atoms with van der Waals surface area (Å²) < 4.78 is 0. The maximum atomic E-state index is 9.04. The Bertz CT molecular complexity index is 198. The van der Waals surface area contributed by atoms with Gasteiger partial charge in [-0.1, -0.05) is 0 Å². The summed E-state index contributed by atoms with van der Waals surface area (Å²) in [5.41, 5.74) is 0. The molecule has 3 N–H and O–H groups in total. The number of aliphatic hydroxyl groups excluding tert-OH is 1. The van der Waals surface area contributed by atoms with Gasteiger partial charge in [-0.15, -0.1) is 0 Å². The van der Waals surface area contributed by atoms with Crippen molar-refractivity contribution >= 4 is 5.96 Å². The molecule has 0 radical (unpaired) electrons. The first-order valence-corrected chi connectivity index (χ1v) is 4.49. The molecule has 4 nitrogen and oxygen atoms in total. The third-order valence-corrected chi connectivity index (χ3v) is 2.36. The molecule has 0 bridgehead atoms. The molecule has 68 valence electrons. The Morgan fingerprint density at radius 2 is 2.33 bits per heavy atom. The zero-order valence-corrected chi connectivity index (χ0v) is 7.25. The van der Waals surface area contributed by atoms with Crippen molar-refractivity contribution in [1.29, 1.82) is 0 Å². The van der Waals surface area contributed by atoms with Gasteiger partial charge >= 0.3 is 0 Å². The fourth-order valence-electron chi connectivity index (χ4n) is 1.54. The Hall–Kier alpha value is -0.770. The molecule has 1 unspecified atom stereocenters. The van der Waals surface area contributed by atoms with E-state index in [2.05, 4.69) is 22.5 Å². The van der Waals surface area contributed by atoms with Crippen LogP contribution in [0.4, 0.5) is 0 Å². The first-order chi connectivity index (χ1) is 5.74. The molecule has 1 heterocycles. The molecular weight excluding hydrogens is 154 g/mol. The van der Waals surface area contributed by atoms with E-state index in [-0.39, 0.29) is 6.10 Å². The van der Waals surface area contributed by atoms with Crippen LogP contribution in [0.2, 0.25) is 0 Å². The summed E-state index contributed by atoms with van der Waals surface area (Å²) in [6.07, 6.45) is 1.62. The standard InChI is InChI=1S/C8H15N3O/c1-5-4-9-8(10-5)11-6-2-7(12)3-6/h5-7,12H,2-4H2,1H3,(H2,9,10,11). The van der Waals surface area contributed by atoms with E-state index in [1.54, 1.807) is 0 Å². The lowest BCUT2D eigenvalue weighted by atomic mass is 9.90. The third kappa shape index (κ3) is 1.53. The smallest absolute Gasteiger partial charge is 0.191 e. The molecule has 0 spiro atoms. The van der Waals surface area contributed by atoms with Crippen LogP contribution in [0.15, 0.2) is 4.99 Å². The van der Waals surface area contributed by atoms with Crippen LogP contribution in [0.25, 0.3) is 0 Å². The van der Waals surface area contributed by atoms with Crippen LogP contribution in [0.3, 0.4) is 0 Å². The summed E-state index contributed by atoms with van der Waals surface area (Å²) in [5, 5.41) is 15.5. The van der Waals surface area contributed by atoms with Crippen molar-refractivity contribution in [3.8, 4) is 0 Å². The Morgan fingerprint density at radius 1 is 1.58 bits per heavy atom. The predicted molar refractivity (Wildman–Crippen MR) is 47.1 cm³/mol. The average Bonchev–Trinajstić information content (AvgIpc) is 2.33. The van der Waals surface area contributed by atoms with Crippen LogP contribution in [0, 0.1) is 0 Å². The lowest BCUT2D eigenvalue weighted by Crippen LogP contribution is -2.50. The minimum atomic E-state index is -0.0954. The number of hydrogen-bond donors (Lipinski definition) is 3. The highest BCUT2D eigenvalue weighted by Gasteiger charge is 2.28. The number of aliphatic imine (C=N–C) groups is 1. The van der Waals surface area contributed by atoms with Crippen molar-refractivity contribution in [2.24, 2.45) is 4.99 Å². The van der Waals surface area contributed by atoms with Crippen molar-refractivity contribution < 1.29 is 5.11 Å². The number of nitrogens with one attached hydrogen (secondary N) is 2. The number of nitrogens with zero attached hydrogens (tertiary/aromatic N) is 1. The SMILES string of the molecule is CC1CN=C(NC2CC(O)C2)N1. The predicted octanol–water partition coefficient (Wildman–Crippen LogP) is -0.553. The summed E-state index contributed by atoms with van der Waals surface area (Å²) >= 11 is 0. The van der Waals surface area contributed by atoms with Crippen molar-refractivity contribution in [1.82, 2.24) is 10.6 Å². The van der Waals surface area contributed by atoms with Crippen molar-refractivity contribution in [2.45, 2.75) is 38.0 Å².